The average Bonchev–Trinajstić information content (AvgIpc) is 2.15. The summed E-state index contributed by atoms with van der Waals surface area (Å²) in [6, 6.07) is 0. The largest absolute Gasteiger partial charge is 0.366 e. The van der Waals surface area contributed by atoms with Gasteiger partial charge >= 0.3 is 0 Å². The molecular formula is C12H17NO. The van der Waals surface area contributed by atoms with Crippen LogP contribution in [0.3, 0.4) is 0 Å². The SMILES string of the molecule is CC1=CCC(/C=C/C=C/C(N)=O)CC1. The number of hydrogen-bond donors (Lipinski definition) is 1. The molecule has 1 aliphatic carbocycles. The second-order valence-corrected chi connectivity index (χ2v) is 3.73. The molecule has 0 saturated heterocycles. The highest BCUT2D eigenvalue weighted by molar-refractivity contribution is 5.85. The number of amides is 1. The summed E-state index contributed by atoms with van der Waals surface area (Å²) < 4.78 is 0. The minimum atomic E-state index is -0.394. The fourth-order valence-electron chi connectivity index (χ4n) is 1.53. The Kier molecular flexibility index (Phi) is 4.17. The molecule has 2 nitrogen and oxygen atoms in total. The van der Waals surface area contributed by atoms with Crippen molar-refractivity contribution < 1.29 is 4.79 Å². The third kappa shape index (κ3) is 4.08. The van der Waals surface area contributed by atoms with Crippen molar-refractivity contribution in [2.75, 3.05) is 0 Å². The number of hydrogen-bond acceptors (Lipinski definition) is 1. The highest BCUT2D eigenvalue weighted by Crippen LogP contribution is 2.23. The van der Waals surface area contributed by atoms with Crippen molar-refractivity contribution in [3.8, 4) is 0 Å². The molecule has 2 heteroatoms. The molecule has 14 heavy (non-hydrogen) atoms. The van der Waals surface area contributed by atoms with Gasteiger partial charge in [0.05, 0.1) is 0 Å². The van der Waals surface area contributed by atoms with Crippen LogP contribution in [-0.4, -0.2) is 5.91 Å². The van der Waals surface area contributed by atoms with E-state index in [9.17, 15) is 4.79 Å². The molecular weight excluding hydrogens is 174 g/mol. The quantitative estimate of drug-likeness (QED) is 0.415. The Hall–Kier alpha value is -1.31. The van der Waals surface area contributed by atoms with Crippen LogP contribution in [0, 0.1) is 5.92 Å². The van der Waals surface area contributed by atoms with Gasteiger partial charge in [-0.1, -0.05) is 29.9 Å². The van der Waals surface area contributed by atoms with E-state index < -0.39 is 5.91 Å². The Morgan fingerprint density at radius 1 is 1.57 bits per heavy atom. The van der Waals surface area contributed by atoms with Crippen LogP contribution in [0.25, 0.3) is 0 Å². The third-order valence-electron chi connectivity index (χ3n) is 2.43. The Morgan fingerprint density at radius 3 is 2.93 bits per heavy atom. The topological polar surface area (TPSA) is 43.1 Å². The van der Waals surface area contributed by atoms with Gasteiger partial charge in [-0.3, -0.25) is 4.79 Å². The van der Waals surface area contributed by atoms with Gasteiger partial charge in [0, 0.05) is 6.08 Å². The summed E-state index contributed by atoms with van der Waals surface area (Å²) in [6.07, 6.45) is 12.9. The molecule has 0 fully saturated rings. The molecule has 2 N–H and O–H groups in total. The first-order valence-corrected chi connectivity index (χ1v) is 4.98. The summed E-state index contributed by atoms with van der Waals surface area (Å²) in [6.45, 7) is 2.17. The van der Waals surface area contributed by atoms with Crippen LogP contribution in [0.1, 0.15) is 26.2 Å². The maximum Gasteiger partial charge on any atom is 0.241 e. The van der Waals surface area contributed by atoms with Crippen molar-refractivity contribution in [2.45, 2.75) is 26.2 Å². The Labute approximate surface area is 85.2 Å². The zero-order chi connectivity index (χ0) is 10.4. The van der Waals surface area contributed by atoms with Crippen molar-refractivity contribution in [3.63, 3.8) is 0 Å². The lowest BCUT2D eigenvalue weighted by atomic mass is 9.90. The molecule has 1 amide bonds. The first kappa shape index (κ1) is 10.8. The minimum Gasteiger partial charge on any atom is -0.366 e. The van der Waals surface area contributed by atoms with Crippen molar-refractivity contribution in [3.05, 3.63) is 36.0 Å². The van der Waals surface area contributed by atoms with Crippen LogP contribution in [0.2, 0.25) is 0 Å². The van der Waals surface area contributed by atoms with Crippen LogP contribution in [-0.2, 0) is 4.79 Å². The zero-order valence-electron chi connectivity index (χ0n) is 8.57. The van der Waals surface area contributed by atoms with Gasteiger partial charge in [0.25, 0.3) is 0 Å². The van der Waals surface area contributed by atoms with Gasteiger partial charge in [0.15, 0.2) is 0 Å². The lowest BCUT2D eigenvalue weighted by molar-refractivity contribution is -0.113. The smallest absolute Gasteiger partial charge is 0.241 e. The fourth-order valence-corrected chi connectivity index (χ4v) is 1.53. The molecule has 0 aromatic carbocycles. The number of primary amides is 1. The van der Waals surface area contributed by atoms with Crippen molar-refractivity contribution in [1.29, 1.82) is 0 Å². The van der Waals surface area contributed by atoms with Gasteiger partial charge in [-0.2, -0.15) is 0 Å². The molecule has 0 radical (unpaired) electrons. The monoisotopic (exact) mass is 191 g/mol. The molecule has 1 aliphatic rings. The predicted octanol–water partition coefficient (Wildman–Crippen LogP) is 2.33. The Morgan fingerprint density at radius 2 is 2.36 bits per heavy atom. The van der Waals surface area contributed by atoms with Gasteiger partial charge in [0.1, 0.15) is 0 Å². The molecule has 0 bridgehead atoms. The van der Waals surface area contributed by atoms with Gasteiger partial charge in [-0.15, -0.1) is 0 Å². The number of nitrogens with two attached hydrogens (primary N) is 1. The summed E-state index contributed by atoms with van der Waals surface area (Å²) in [5.41, 5.74) is 6.45. The third-order valence-corrected chi connectivity index (χ3v) is 2.43. The van der Waals surface area contributed by atoms with Gasteiger partial charge in [-0.25, -0.2) is 0 Å². The molecule has 0 aliphatic heterocycles. The molecule has 1 unspecified atom stereocenters. The highest BCUT2D eigenvalue weighted by atomic mass is 16.1. The van der Waals surface area contributed by atoms with E-state index in [0.29, 0.717) is 5.92 Å². The molecule has 76 valence electrons. The van der Waals surface area contributed by atoms with Crippen LogP contribution in [0.4, 0.5) is 0 Å². The lowest BCUT2D eigenvalue weighted by Crippen LogP contribution is -2.05. The molecule has 1 rings (SSSR count). The fraction of sp³-hybridized carbons (Fsp3) is 0.417. The standard InChI is InChI=1S/C12H17NO/c1-10-6-8-11(9-7-10)4-2-3-5-12(13)14/h2-6,11H,7-9H2,1H3,(H2,13,14)/b4-2+,5-3+. The van der Waals surface area contributed by atoms with E-state index in [1.165, 1.54) is 24.5 Å². The van der Waals surface area contributed by atoms with Crippen LogP contribution >= 0.6 is 0 Å². The van der Waals surface area contributed by atoms with Crippen LogP contribution in [0.5, 0.6) is 0 Å². The van der Waals surface area contributed by atoms with Gasteiger partial charge in [-0.05, 0) is 32.1 Å². The molecule has 1 atom stereocenters. The second-order valence-electron chi connectivity index (χ2n) is 3.73. The number of carbonyl (C=O) groups excluding carboxylic acids is 1. The lowest BCUT2D eigenvalue weighted by Gasteiger charge is -2.16. The van der Waals surface area contributed by atoms with Gasteiger partial charge < -0.3 is 5.73 Å². The summed E-state index contributed by atoms with van der Waals surface area (Å²) in [4.78, 5) is 10.4. The highest BCUT2D eigenvalue weighted by Gasteiger charge is 2.07. The predicted molar refractivity (Wildman–Crippen MR) is 58.6 cm³/mol. The number of allylic oxidation sites excluding steroid dienone is 5. The van der Waals surface area contributed by atoms with E-state index in [4.69, 9.17) is 5.73 Å². The maximum atomic E-state index is 10.4. The molecule has 0 heterocycles. The van der Waals surface area contributed by atoms with E-state index in [1.807, 2.05) is 6.08 Å². The normalized spacial score (nSPS) is 22.9. The van der Waals surface area contributed by atoms with Crippen molar-refractivity contribution in [1.82, 2.24) is 0 Å². The van der Waals surface area contributed by atoms with E-state index in [2.05, 4.69) is 19.1 Å². The van der Waals surface area contributed by atoms with E-state index in [1.54, 1.807) is 6.08 Å². The van der Waals surface area contributed by atoms with E-state index in [0.717, 1.165) is 6.42 Å². The minimum absolute atomic E-state index is 0.394. The Bertz CT molecular complexity index is 287. The number of carbonyl (C=O) groups is 1. The van der Waals surface area contributed by atoms with E-state index in [-0.39, 0.29) is 0 Å². The molecule has 0 aromatic rings. The molecule has 0 aromatic heterocycles. The Balaban J connectivity index is 2.35. The average molecular weight is 191 g/mol. The van der Waals surface area contributed by atoms with Gasteiger partial charge in [0.2, 0.25) is 5.91 Å². The molecule has 0 saturated carbocycles. The second kappa shape index (κ2) is 5.43. The maximum absolute atomic E-state index is 10.4. The van der Waals surface area contributed by atoms with Crippen LogP contribution in [0.15, 0.2) is 36.0 Å². The van der Waals surface area contributed by atoms with Crippen molar-refractivity contribution >= 4 is 5.91 Å². The summed E-state index contributed by atoms with van der Waals surface area (Å²) in [5, 5.41) is 0. The first-order valence-electron chi connectivity index (χ1n) is 4.98. The zero-order valence-corrected chi connectivity index (χ0v) is 8.57. The summed E-state index contributed by atoms with van der Waals surface area (Å²) >= 11 is 0. The van der Waals surface area contributed by atoms with Crippen molar-refractivity contribution in [2.24, 2.45) is 11.7 Å². The first-order chi connectivity index (χ1) is 6.68. The van der Waals surface area contributed by atoms with E-state index >= 15 is 0 Å². The molecule has 0 spiro atoms. The number of rotatable bonds is 3. The summed E-state index contributed by atoms with van der Waals surface area (Å²) in [7, 11) is 0. The summed E-state index contributed by atoms with van der Waals surface area (Å²) in [5.74, 6) is 0.227. The van der Waals surface area contributed by atoms with Crippen LogP contribution < -0.4 is 5.73 Å².